The van der Waals surface area contributed by atoms with Crippen LogP contribution in [-0.2, 0) is 0 Å². The molecule has 1 aliphatic rings. The highest BCUT2D eigenvalue weighted by atomic mass is 35.5. The van der Waals surface area contributed by atoms with E-state index in [1.54, 1.807) is 17.4 Å². The lowest BCUT2D eigenvalue weighted by atomic mass is 9.97. The Morgan fingerprint density at radius 1 is 0.966 bits per heavy atom. The largest absolute Gasteiger partial charge is 0.339 e. The molecule has 1 aliphatic heterocycles. The second kappa shape index (κ2) is 7.56. The van der Waals surface area contributed by atoms with Crippen molar-refractivity contribution < 1.29 is 4.79 Å². The number of pyridine rings is 1. The van der Waals surface area contributed by atoms with Gasteiger partial charge in [0.2, 0.25) is 0 Å². The normalized spacial score (nSPS) is 15.3. The fourth-order valence-corrected chi connectivity index (χ4v) is 5.28. The van der Waals surface area contributed by atoms with E-state index in [0.29, 0.717) is 21.7 Å². The number of carbonyl (C=O) groups excluding carboxylic acids is 1. The van der Waals surface area contributed by atoms with Crippen LogP contribution < -0.4 is 0 Å². The Hall–Kier alpha value is -2.21. The molecule has 4 nitrogen and oxygen atoms in total. The molecule has 5 rings (SSSR count). The molecule has 0 saturated carbocycles. The van der Waals surface area contributed by atoms with Crippen LogP contribution in [0.4, 0.5) is 0 Å². The van der Waals surface area contributed by atoms with Crippen LogP contribution in [-0.4, -0.2) is 33.9 Å². The summed E-state index contributed by atoms with van der Waals surface area (Å²) in [5, 5.41) is 3.23. The number of rotatable bonds is 2. The maximum absolute atomic E-state index is 13.0. The molecule has 0 radical (unpaired) electrons. The van der Waals surface area contributed by atoms with Gasteiger partial charge in [-0.2, -0.15) is 0 Å². The SMILES string of the molecule is O=C(c1ccc2nc(Cl)ccc2c1)N1CCC(c2nc3cc(Cl)ccc3s2)CC1. The van der Waals surface area contributed by atoms with E-state index in [1.165, 1.54) is 0 Å². The van der Waals surface area contributed by atoms with Crippen LogP contribution in [0, 0.1) is 0 Å². The van der Waals surface area contributed by atoms with Gasteiger partial charge in [0.05, 0.1) is 20.7 Å². The number of hydrogen-bond donors (Lipinski definition) is 0. The van der Waals surface area contributed by atoms with Crippen LogP contribution in [0.5, 0.6) is 0 Å². The molecule has 1 fully saturated rings. The standard InChI is InChI=1S/C22H17Cl2N3OS/c23-16-3-5-19-18(12-16)26-21(29-19)13-7-9-27(10-8-13)22(28)15-1-4-17-14(11-15)2-6-20(24)25-17/h1-6,11-13H,7-10H2. The minimum atomic E-state index is 0.0661. The first-order valence-corrected chi connectivity index (χ1v) is 11.1. The van der Waals surface area contributed by atoms with Crippen LogP contribution >= 0.6 is 34.5 Å². The molecule has 7 heteroatoms. The molecule has 0 aliphatic carbocycles. The summed E-state index contributed by atoms with van der Waals surface area (Å²) in [5.74, 6) is 0.453. The first-order valence-electron chi connectivity index (χ1n) is 9.48. The van der Waals surface area contributed by atoms with Crippen molar-refractivity contribution in [2.24, 2.45) is 0 Å². The summed E-state index contributed by atoms with van der Waals surface area (Å²) in [5.41, 5.74) is 2.44. The van der Waals surface area contributed by atoms with E-state index < -0.39 is 0 Å². The Morgan fingerprint density at radius 2 is 1.79 bits per heavy atom. The van der Waals surface area contributed by atoms with Crippen molar-refractivity contribution in [3.63, 3.8) is 0 Å². The minimum Gasteiger partial charge on any atom is -0.339 e. The Labute approximate surface area is 182 Å². The van der Waals surface area contributed by atoms with Crippen LogP contribution in [0.3, 0.4) is 0 Å². The molecule has 0 spiro atoms. The molecule has 4 aromatic rings. The summed E-state index contributed by atoms with van der Waals surface area (Å²) < 4.78 is 1.16. The van der Waals surface area contributed by atoms with E-state index in [1.807, 2.05) is 47.4 Å². The van der Waals surface area contributed by atoms with Crippen LogP contribution in [0.2, 0.25) is 10.2 Å². The van der Waals surface area contributed by atoms with Crippen molar-refractivity contribution >= 4 is 61.6 Å². The molecule has 2 aromatic carbocycles. The average Bonchev–Trinajstić information content (AvgIpc) is 3.16. The average molecular weight is 442 g/mol. The van der Waals surface area contributed by atoms with Gasteiger partial charge in [0.1, 0.15) is 5.15 Å². The Balaban J connectivity index is 1.30. The number of thiazole rings is 1. The zero-order valence-electron chi connectivity index (χ0n) is 15.4. The molecular formula is C22H17Cl2N3OS. The van der Waals surface area contributed by atoms with E-state index in [-0.39, 0.29) is 5.91 Å². The van der Waals surface area contributed by atoms with Gasteiger partial charge in [-0.15, -0.1) is 11.3 Å². The lowest BCUT2D eigenvalue weighted by molar-refractivity contribution is 0.0713. The van der Waals surface area contributed by atoms with Gasteiger partial charge in [-0.1, -0.05) is 23.2 Å². The minimum absolute atomic E-state index is 0.0661. The van der Waals surface area contributed by atoms with Gasteiger partial charge in [0, 0.05) is 35.0 Å². The maximum Gasteiger partial charge on any atom is 0.253 e. The smallest absolute Gasteiger partial charge is 0.253 e. The van der Waals surface area contributed by atoms with Crippen LogP contribution in [0.15, 0.2) is 48.5 Å². The van der Waals surface area contributed by atoms with Gasteiger partial charge in [0.15, 0.2) is 0 Å². The summed E-state index contributed by atoms with van der Waals surface area (Å²) >= 11 is 13.8. The monoisotopic (exact) mass is 441 g/mol. The van der Waals surface area contributed by atoms with Gasteiger partial charge in [-0.05, 0) is 61.4 Å². The van der Waals surface area contributed by atoms with Crippen molar-refractivity contribution in [1.82, 2.24) is 14.9 Å². The molecule has 3 heterocycles. The van der Waals surface area contributed by atoms with Crippen molar-refractivity contribution in [2.45, 2.75) is 18.8 Å². The molecule has 146 valence electrons. The number of benzene rings is 2. The van der Waals surface area contributed by atoms with Gasteiger partial charge in [-0.25, -0.2) is 9.97 Å². The zero-order chi connectivity index (χ0) is 20.0. The van der Waals surface area contributed by atoms with Gasteiger partial charge in [0.25, 0.3) is 5.91 Å². The molecule has 0 bridgehead atoms. The predicted molar refractivity (Wildman–Crippen MR) is 119 cm³/mol. The number of fused-ring (bicyclic) bond motifs is 2. The Kier molecular flexibility index (Phi) is 4.90. The fraction of sp³-hybridized carbons (Fsp3) is 0.227. The molecule has 1 amide bonds. The number of likely N-dealkylation sites (tertiary alicyclic amines) is 1. The lowest BCUT2D eigenvalue weighted by Crippen LogP contribution is -2.37. The third-order valence-corrected chi connectivity index (χ3v) is 7.04. The number of nitrogens with zero attached hydrogens (tertiary/aromatic N) is 3. The summed E-state index contributed by atoms with van der Waals surface area (Å²) in [6.07, 6.45) is 1.84. The van der Waals surface area contributed by atoms with E-state index >= 15 is 0 Å². The number of halogens is 2. The Morgan fingerprint density at radius 3 is 2.62 bits per heavy atom. The molecule has 0 atom stereocenters. The van der Waals surface area contributed by atoms with Crippen molar-refractivity contribution in [1.29, 1.82) is 0 Å². The van der Waals surface area contributed by atoms with Crippen LogP contribution in [0.1, 0.15) is 34.1 Å². The summed E-state index contributed by atoms with van der Waals surface area (Å²) in [7, 11) is 0. The molecule has 1 saturated heterocycles. The van der Waals surface area contributed by atoms with Gasteiger partial charge >= 0.3 is 0 Å². The number of hydrogen-bond acceptors (Lipinski definition) is 4. The number of piperidine rings is 1. The van der Waals surface area contributed by atoms with Crippen molar-refractivity contribution in [3.05, 3.63) is 69.3 Å². The first kappa shape index (κ1) is 18.8. The van der Waals surface area contributed by atoms with Crippen LogP contribution in [0.25, 0.3) is 21.1 Å². The topological polar surface area (TPSA) is 46.1 Å². The summed E-state index contributed by atoms with van der Waals surface area (Å²) in [4.78, 5) is 24.0. The predicted octanol–water partition coefficient (Wildman–Crippen LogP) is 6.17. The highest BCUT2D eigenvalue weighted by Gasteiger charge is 2.26. The van der Waals surface area contributed by atoms with Crippen molar-refractivity contribution in [2.75, 3.05) is 13.1 Å². The Bertz CT molecular complexity index is 1230. The summed E-state index contributed by atoms with van der Waals surface area (Å²) in [6, 6.07) is 15.1. The highest BCUT2D eigenvalue weighted by Crippen LogP contribution is 2.35. The quantitative estimate of drug-likeness (QED) is 0.349. The lowest BCUT2D eigenvalue weighted by Gasteiger charge is -2.31. The second-order valence-electron chi connectivity index (χ2n) is 7.27. The fourth-order valence-electron chi connectivity index (χ4n) is 3.84. The van der Waals surface area contributed by atoms with Crippen molar-refractivity contribution in [3.8, 4) is 0 Å². The number of amides is 1. The number of carbonyl (C=O) groups is 1. The second-order valence-corrected chi connectivity index (χ2v) is 9.16. The zero-order valence-corrected chi connectivity index (χ0v) is 17.8. The van der Waals surface area contributed by atoms with Gasteiger partial charge in [-0.3, -0.25) is 4.79 Å². The number of aromatic nitrogens is 2. The van der Waals surface area contributed by atoms with Gasteiger partial charge < -0.3 is 4.90 Å². The molecule has 29 heavy (non-hydrogen) atoms. The maximum atomic E-state index is 13.0. The molecule has 0 unspecified atom stereocenters. The third-order valence-electron chi connectivity index (χ3n) is 5.40. The van der Waals surface area contributed by atoms with E-state index in [4.69, 9.17) is 28.2 Å². The molecule has 2 aromatic heterocycles. The van der Waals surface area contributed by atoms with E-state index in [2.05, 4.69) is 4.98 Å². The highest BCUT2D eigenvalue weighted by molar-refractivity contribution is 7.18. The third kappa shape index (κ3) is 3.70. The molecular weight excluding hydrogens is 425 g/mol. The summed E-state index contributed by atoms with van der Waals surface area (Å²) in [6.45, 7) is 1.47. The molecule has 0 N–H and O–H groups in total. The first-order chi connectivity index (χ1) is 14.1. The van der Waals surface area contributed by atoms with E-state index in [9.17, 15) is 4.79 Å². The van der Waals surface area contributed by atoms with E-state index in [0.717, 1.165) is 52.1 Å².